The summed E-state index contributed by atoms with van der Waals surface area (Å²) in [6, 6.07) is 0. The van der Waals surface area contributed by atoms with Gasteiger partial charge in [0.05, 0.1) is 0 Å². The first-order chi connectivity index (χ1) is 1.73. The van der Waals surface area contributed by atoms with Gasteiger partial charge >= 0.3 is 0 Å². The zero-order valence-electron chi connectivity index (χ0n) is 1.71. The topological polar surface area (TPSA) is 0 Å². The molecule has 0 bridgehead atoms. The van der Waals surface area contributed by atoms with Crippen LogP contribution < -0.4 is 0 Å². The van der Waals surface area contributed by atoms with Crippen LogP contribution in [0.3, 0.4) is 0 Å². The van der Waals surface area contributed by atoms with E-state index in [1.54, 1.807) is 0 Å². The fraction of sp³-hybridized carbons (Fsp3) is 0. The third-order valence-electron chi connectivity index (χ3n) is 0. The number of hydrogen-bond donors (Lipinski definition) is 0. The minimum absolute atomic E-state index is 1.04. The Morgan fingerprint density at radius 1 is 1.50 bits per heavy atom. The standard InChI is InChI=1S/Br2ClHSi/c1-4(2)3/h4H. The van der Waals surface area contributed by atoms with Crippen molar-refractivity contribution in [2.45, 2.75) is 0 Å². The molecule has 0 radical (unpaired) electrons. The molecule has 0 unspecified atom stereocenters. The summed E-state index contributed by atoms with van der Waals surface area (Å²) >= 11 is 11.4. The number of rotatable bonds is 0. The summed E-state index contributed by atoms with van der Waals surface area (Å²) in [4.78, 5) is 0. The molecule has 0 heterocycles. The first kappa shape index (κ1) is 5.47. The molecule has 0 atom stereocenters. The second-order valence-electron chi connectivity index (χ2n) is 0.247. The van der Waals surface area contributed by atoms with Crippen LogP contribution in [0.1, 0.15) is 0 Å². The summed E-state index contributed by atoms with van der Waals surface area (Å²) in [5.74, 6) is 0. The monoisotopic (exact) mass is 222 g/mol. The molecule has 0 aromatic carbocycles. The molecule has 26 valence electrons. The second-order valence-corrected chi connectivity index (χ2v) is 14.4. The molecular formula is HBr2ClSi. The molecule has 4 heavy (non-hydrogen) atoms. The van der Waals surface area contributed by atoms with Crippen LogP contribution >= 0.6 is 41.7 Å². The van der Waals surface area contributed by atoms with Gasteiger partial charge < -0.3 is 0 Å². The summed E-state index contributed by atoms with van der Waals surface area (Å²) in [6.07, 6.45) is 0. The Bertz CT molecular complexity index is 10.8. The molecule has 0 aromatic heterocycles. The Hall–Kier alpha value is 1.47. The lowest BCUT2D eigenvalue weighted by Gasteiger charge is -1.66. The number of halogens is 3. The van der Waals surface area contributed by atoms with Gasteiger partial charge in [-0.25, -0.2) is 0 Å². The summed E-state index contributed by atoms with van der Waals surface area (Å²) in [6.45, 7) is 0. The van der Waals surface area contributed by atoms with E-state index in [4.69, 9.17) is 11.1 Å². The zero-order valence-corrected chi connectivity index (χ0v) is 6.79. The van der Waals surface area contributed by atoms with Crippen molar-refractivity contribution in [1.82, 2.24) is 0 Å². The van der Waals surface area contributed by atoms with Crippen molar-refractivity contribution in [1.29, 1.82) is 0 Å². The van der Waals surface area contributed by atoms with Crippen molar-refractivity contribution in [2.75, 3.05) is 0 Å². The second kappa shape index (κ2) is 2.69. The molecule has 0 aliphatic carbocycles. The van der Waals surface area contributed by atoms with Crippen LogP contribution in [0.5, 0.6) is 0 Å². The van der Waals surface area contributed by atoms with E-state index in [1.807, 2.05) is 0 Å². The van der Waals surface area contributed by atoms with Crippen LogP contribution in [0, 0.1) is 0 Å². The van der Waals surface area contributed by atoms with Crippen LogP contribution in [0.15, 0.2) is 0 Å². The highest BCUT2D eigenvalue weighted by Gasteiger charge is 1.83. The van der Waals surface area contributed by atoms with Crippen LogP contribution in [0.2, 0.25) is 0 Å². The average Bonchev–Trinajstić information content (AvgIpc) is 0.811. The Morgan fingerprint density at radius 3 is 1.50 bits per heavy atom. The molecule has 0 nitrogen and oxygen atoms in total. The molecule has 0 aromatic rings. The Morgan fingerprint density at radius 2 is 1.50 bits per heavy atom. The summed E-state index contributed by atoms with van der Waals surface area (Å²) in [5, 5.41) is -1.04. The van der Waals surface area contributed by atoms with Gasteiger partial charge in [0.15, 0.2) is 0 Å². The molecule has 0 aliphatic rings. The molecule has 0 saturated carbocycles. The van der Waals surface area contributed by atoms with Crippen molar-refractivity contribution >= 4 is 47.0 Å². The molecule has 0 aliphatic heterocycles. The maximum absolute atomic E-state index is 5.25. The predicted octanol–water partition coefficient (Wildman–Crippen LogP) is 1.73. The summed E-state index contributed by atoms with van der Waals surface area (Å²) in [5.41, 5.74) is 0. The normalized spacial score (nSPS) is 9.00. The van der Waals surface area contributed by atoms with Gasteiger partial charge in [0.25, 0.3) is 5.35 Å². The molecule has 0 amide bonds. The number of hydrogen-bond acceptors (Lipinski definition) is 0. The maximum atomic E-state index is 5.25. The summed E-state index contributed by atoms with van der Waals surface area (Å²) in [7, 11) is 0. The fourth-order valence-electron chi connectivity index (χ4n) is 0. The minimum atomic E-state index is -1.04. The zero-order chi connectivity index (χ0) is 3.58. The first-order valence-corrected chi connectivity index (χ1v) is 8.77. The van der Waals surface area contributed by atoms with Crippen LogP contribution in [-0.4, -0.2) is 5.35 Å². The highest BCUT2D eigenvalue weighted by molar-refractivity contribution is 9.50. The predicted molar refractivity (Wildman–Crippen MR) is 30.9 cm³/mol. The largest absolute Gasteiger partial charge is 0.277 e. The lowest BCUT2D eigenvalue weighted by atomic mass is 27.9. The van der Waals surface area contributed by atoms with E-state index in [1.165, 1.54) is 0 Å². The van der Waals surface area contributed by atoms with Gasteiger partial charge in [0.1, 0.15) is 0 Å². The molecule has 0 N–H and O–H groups in total. The summed E-state index contributed by atoms with van der Waals surface area (Å²) < 4.78 is 0. The van der Waals surface area contributed by atoms with Crippen LogP contribution in [-0.2, 0) is 0 Å². The van der Waals surface area contributed by atoms with Gasteiger partial charge in [-0.05, 0) is 0 Å². The van der Waals surface area contributed by atoms with E-state index in [0.717, 1.165) is 0 Å². The van der Waals surface area contributed by atoms with Crippen LogP contribution in [0.4, 0.5) is 0 Å². The van der Waals surface area contributed by atoms with Crippen molar-refractivity contribution in [3.63, 3.8) is 0 Å². The average molecular weight is 224 g/mol. The maximum Gasteiger partial charge on any atom is 0.277 e. The fourth-order valence-corrected chi connectivity index (χ4v) is 0. The molecular weight excluding hydrogens is 223 g/mol. The minimum Gasteiger partial charge on any atom is -0.142 e. The van der Waals surface area contributed by atoms with Gasteiger partial charge in [-0.2, -0.15) is 0 Å². The Kier molecular flexibility index (Phi) is 3.68. The molecule has 0 saturated heterocycles. The van der Waals surface area contributed by atoms with Crippen molar-refractivity contribution in [2.24, 2.45) is 0 Å². The third kappa shape index (κ3) is 9.80. The molecule has 0 rings (SSSR count). The van der Waals surface area contributed by atoms with Crippen molar-refractivity contribution in [3.8, 4) is 0 Å². The van der Waals surface area contributed by atoms with Crippen molar-refractivity contribution in [3.05, 3.63) is 0 Å². The molecule has 4 heteroatoms. The first-order valence-electron chi connectivity index (χ1n) is 0.655. The van der Waals surface area contributed by atoms with Gasteiger partial charge in [0, 0.05) is 0 Å². The van der Waals surface area contributed by atoms with Gasteiger partial charge in [0.2, 0.25) is 0 Å². The lowest BCUT2D eigenvalue weighted by molar-refractivity contribution is 4.54. The van der Waals surface area contributed by atoms with Crippen LogP contribution in [0.25, 0.3) is 0 Å². The van der Waals surface area contributed by atoms with E-state index in [-0.39, 0.29) is 0 Å². The highest BCUT2D eigenvalue weighted by atomic mass is 79.9. The quantitative estimate of drug-likeness (QED) is 0.434. The third-order valence-corrected chi connectivity index (χ3v) is 0. The molecule has 0 spiro atoms. The van der Waals surface area contributed by atoms with Crippen molar-refractivity contribution < 1.29 is 0 Å². The smallest absolute Gasteiger partial charge is 0.142 e. The molecule has 0 fully saturated rings. The van der Waals surface area contributed by atoms with Gasteiger partial charge in [-0.3, -0.25) is 0 Å². The van der Waals surface area contributed by atoms with Gasteiger partial charge in [-0.15, -0.1) is 11.1 Å². The van der Waals surface area contributed by atoms with E-state index in [9.17, 15) is 0 Å². The van der Waals surface area contributed by atoms with E-state index in [0.29, 0.717) is 0 Å². The Balaban J connectivity index is 2.32. The van der Waals surface area contributed by atoms with E-state index in [2.05, 4.69) is 30.6 Å². The SMILES string of the molecule is Cl[SiH](Br)Br. The van der Waals surface area contributed by atoms with E-state index < -0.39 is 5.35 Å². The Labute approximate surface area is 47.0 Å². The lowest BCUT2D eigenvalue weighted by Crippen LogP contribution is -1.62. The van der Waals surface area contributed by atoms with E-state index >= 15 is 0 Å². The van der Waals surface area contributed by atoms with Gasteiger partial charge in [-0.1, -0.05) is 30.6 Å². The highest BCUT2D eigenvalue weighted by Crippen LogP contribution is 2.04.